The Bertz CT molecular complexity index is 1140. The molecular formula is C26H36ClN3O5S. The zero-order valence-electron chi connectivity index (χ0n) is 21.6. The molecule has 2 rings (SSSR count). The highest BCUT2D eigenvalue weighted by Crippen LogP contribution is 2.30. The van der Waals surface area contributed by atoms with Crippen molar-refractivity contribution in [2.75, 3.05) is 30.8 Å². The molecule has 2 amide bonds. The third-order valence-corrected chi connectivity index (χ3v) is 7.28. The van der Waals surface area contributed by atoms with Crippen molar-refractivity contribution in [2.45, 2.75) is 52.6 Å². The number of likely N-dealkylation sites (N-methyl/N-ethyl adjacent to an activating group) is 1. The summed E-state index contributed by atoms with van der Waals surface area (Å²) in [6, 6.07) is 11.9. The monoisotopic (exact) mass is 537 g/mol. The number of anilines is 1. The Morgan fingerprint density at radius 3 is 2.31 bits per heavy atom. The van der Waals surface area contributed by atoms with E-state index >= 15 is 0 Å². The SMILES string of the molecule is CCNC(=O)[C@@H](CC)N(Cc1ccc(C)cc1)C(=O)CCCN(c1ccc(OC)c(Cl)c1)S(C)(=O)=O. The number of ether oxygens (including phenoxy) is 1. The molecule has 0 aliphatic rings. The quantitative estimate of drug-likeness (QED) is 0.414. The van der Waals surface area contributed by atoms with Crippen LogP contribution in [0.5, 0.6) is 5.75 Å². The Kier molecular flexibility index (Phi) is 11.0. The van der Waals surface area contributed by atoms with Gasteiger partial charge in [-0.2, -0.15) is 0 Å². The largest absolute Gasteiger partial charge is 0.495 e. The van der Waals surface area contributed by atoms with E-state index in [1.54, 1.807) is 17.0 Å². The minimum absolute atomic E-state index is 0.0810. The molecule has 1 N–H and O–H groups in total. The van der Waals surface area contributed by atoms with Crippen LogP contribution in [0.1, 0.15) is 44.2 Å². The van der Waals surface area contributed by atoms with Crippen molar-refractivity contribution in [3.63, 3.8) is 0 Å². The van der Waals surface area contributed by atoms with Gasteiger partial charge in [-0.3, -0.25) is 13.9 Å². The van der Waals surface area contributed by atoms with E-state index in [0.29, 0.717) is 30.9 Å². The Labute approximate surface area is 219 Å². The van der Waals surface area contributed by atoms with Crippen LogP contribution in [-0.4, -0.2) is 57.6 Å². The van der Waals surface area contributed by atoms with Crippen molar-refractivity contribution in [3.8, 4) is 5.75 Å². The van der Waals surface area contributed by atoms with E-state index in [-0.39, 0.29) is 36.2 Å². The van der Waals surface area contributed by atoms with Gasteiger partial charge in [-0.15, -0.1) is 0 Å². The third-order valence-electron chi connectivity index (χ3n) is 5.79. The first-order chi connectivity index (χ1) is 17.0. The van der Waals surface area contributed by atoms with Crippen LogP contribution in [-0.2, 0) is 26.2 Å². The first-order valence-electron chi connectivity index (χ1n) is 12.0. The van der Waals surface area contributed by atoms with Crippen molar-refractivity contribution in [1.82, 2.24) is 10.2 Å². The summed E-state index contributed by atoms with van der Waals surface area (Å²) in [7, 11) is -2.14. The van der Waals surface area contributed by atoms with Crippen LogP contribution in [0.25, 0.3) is 0 Å². The summed E-state index contributed by atoms with van der Waals surface area (Å²) in [6.45, 7) is 6.54. The number of aryl methyl sites for hydroxylation is 1. The predicted octanol–water partition coefficient (Wildman–Crippen LogP) is 4.15. The fraction of sp³-hybridized carbons (Fsp3) is 0.462. The molecule has 0 aliphatic carbocycles. The number of sulfonamides is 1. The number of hydrogen-bond donors (Lipinski definition) is 1. The topological polar surface area (TPSA) is 96.0 Å². The van der Waals surface area contributed by atoms with E-state index in [0.717, 1.165) is 17.4 Å². The smallest absolute Gasteiger partial charge is 0.242 e. The molecule has 2 aromatic carbocycles. The van der Waals surface area contributed by atoms with E-state index in [1.807, 2.05) is 45.0 Å². The van der Waals surface area contributed by atoms with Gasteiger partial charge in [0.05, 0.1) is 24.1 Å². The number of carbonyl (C=O) groups is 2. The number of halogens is 1. The second-order valence-corrected chi connectivity index (χ2v) is 10.9. The van der Waals surface area contributed by atoms with Gasteiger partial charge in [0.15, 0.2) is 0 Å². The molecule has 0 saturated carbocycles. The fourth-order valence-corrected chi connectivity index (χ4v) is 5.13. The average molecular weight is 538 g/mol. The lowest BCUT2D eigenvalue weighted by Gasteiger charge is -2.31. The van der Waals surface area contributed by atoms with Gasteiger partial charge in [0.25, 0.3) is 0 Å². The van der Waals surface area contributed by atoms with Crippen LogP contribution in [0.3, 0.4) is 0 Å². The minimum atomic E-state index is -3.62. The second-order valence-electron chi connectivity index (χ2n) is 8.58. The molecule has 0 fully saturated rings. The second kappa shape index (κ2) is 13.5. The molecule has 0 unspecified atom stereocenters. The van der Waals surface area contributed by atoms with Crippen molar-refractivity contribution in [1.29, 1.82) is 0 Å². The highest BCUT2D eigenvalue weighted by molar-refractivity contribution is 7.92. The first kappa shape index (κ1) is 29.5. The van der Waals surface area contributed by atoms with Gasteiger partial charge in [0.1, 0.15) is 11.8 Å². The molecule has 0 bridgehead atoms. The van der Waals surface area contributed by atoms with Gasteiger partial charge < -0.3 is 15.0 Å². The summed E-state index contributed by atoms with van der Waals surface area (Å²) in [5.74, 6) is 0.0211. The molecular weight excluding hydrogens is 502 g/mol. The summed E-state index contributed by atoms with van der Waals surface area (Å²) >= 11 is 6.20. The lowest BCUT2D eigenvalue weighted by atomic mass is 10.1. The van der Waals surface area contributed by atoms with Gasteiger partial charge in [0.2, 0.25) is 21.8 Å². The molecule has 36 heavy (non-hydrogen) atoms. The number of benzene rings is 2. The molecule has 1 atom stereocenters. The molecule has 0 aliphatic heterocycles. The maximum Gasteiger partial charge on any atom is 0.242 e. The van der Waals surface area contributed by atoms with Crippen molar-refractivity contribution in [3.05, 3.63) is 58.6 Å². The zero-order chi connectivity index (χ0) is 26.9. The number of nitrogens with one attached hydrogen (secondary N) is 1. The van der Waals surface area contributed by atoms with Crippen molar-refractivity contribution >= 4 is 39.1 Å². The minimum Gasteiger partial charge on any atom is -0.495 e. The first-order valence-corrected chi connectivity index (χ1v) is 14.2. The molecule has 198 valence electrons. The number of rotatable bonds is 13. The maximum atomic E-state index is 13.4. The lowest BCUT2D eigenvalue weighted by molar-refractivity contribution is -0.141. The normalized spacial score (nSPS) is 12.1. The molecule has 10 heteroatoms. The van der Waals surface area contributed by atoms with E-state index in [9.17, 15) is 18.0 Å². The Morgan fingerprint density at radius 1 is 1.11 bits per heavy atom. The van der Waals surface area contributed by atoms with Crippen molar-refractivity contribution in [2.24, 2.45) is 0 Å². The van der Waals surface area contributed by atoms with E-state index in [1.165, 1.54) is 17.5 Å². The highest BCUT2D eigenvalue weighted by atomic mass is 35.5. The van der Waals surface area contributed by atoms with E-state index < -0.39 is 16.1 Å². The summed E-state index contributed by atoms with van der Waals surface area (Å²) in [4.78, 5) is 27.7. The van der Waals surface area contributed by atoms with E-state index in [2.05, 4.69) is 5.32 Å². The molecule has 0 saturated heterocycles. The third kappa shape index (κ3) is 8.13. The van der Waals surface area contributed by atoms with Gasteiger partial charge in [-0.25, -0.2) is 8.42 Å². The molecule has 2 aromatic rings. The lowest BCUT2D eigenvalue weighted by Crippen LogP contribution is -2.49. The number of methoxy groups -OCH3 is 1. The highest BCUT2D eigenvalue weighted by Gasteiger charge is 2.28. The number of amides is 2. The predicted molar refractivity (Wildman–Crippen MR) is 144 cm³/mol. The fourth-order valence-electron chi connectivity index (χ4n) is 3.92. The van der Waals surface area contributed by atoms with Crippen molar-refractivity contribution < 1.29 is 22.7 Å². The van der Waals surface area contributed by atoms with Crippen LogP contribution >= 0.6 is 11.6 Å². The van der Waals surface area contributed by atoms with Gasteiger partial charge in [-0.1, -0.05) is 48.4 Å². The van der Waals surface area contributed by atoms with Crippen LogP contribution in [0.2, 0.25) is 5.02 Å². The summed E-state index contributed by atoms with van der Waals surface area (Å²) in [5.41, 5.74) is 2.41. The molecule has 0 aromatic heterocycles. The van der Waals surface area contributed by atoms with Crippen LogP contribution in [0.4, 0.5) is 5.69 Å². The number of hydrogen-bond acceptors (Lipinski definition) is 5. The summed E-state index contributed by atoms with van der Waals surface area (Å²) in [6.07, 6.45) is 1.92. The summed E-state index contributed by atoms with van der Waals surface area (Å²) in [5, 5.41) is 3.10. The molecule has 0 spiro atoms. The van der Waals surface area contributed by atoms with E-state index in [4.69, 9.17) is 16.3 Å². The Morgan fingerprint density at radius 2 is 1.78 bits per heavy atom. The van der Waals surface area contributed by atoms with Crippen LogP contribution < -0.4 is 14.4 Å². The molecule has 0 radical (unpaired) electrons. The Balaban J connectivity index is 2.21. The van der Waals surface area contributed by atoms with Crippen LogP contribution in [0.15, 0.2) is 42.5 Å². The molecule has 8 nitrogen and oxygen atoms in total. The standard InChI is InChI=1S/C26H36ClN3O5S/c1-6-23(26(32)28-7-2)29(18-20-12-10-19(3)11-13-20)25(31)9-8-16-30(36(5,33)34)21-14-15-24(35-4)22(27)17-21/h10-15,17,23H,6-9,16,18H2,1-5H3,(H,28,32)/t23-/m1/s1. The van der Waals surface area contributed by atoms with Gasteiger partial charge >= 0.3 is 0 Å². The average Bonchev–Trinajstić information content (AvgIpc) is 2.82. The Hall–Kier alpha value is -2.78. The number of nitrogens with zero attached hydrogens (tertiary/aromatic N) is 2. The number of carbonyl (C=O) groups excluding carboxylic acids is 2. The van der Waals surface area contributed by atoms with Crippen LogP contribution in [0, 0.1) is 6.92 Å². The summed E-state index contributed by atoms with van der Waals surface area (Å²) < 4.78 is 31.4. The zero-order valence-corrected chi connectivity index (χ0v) is 23.2. The van der Waals surface area contributed by atoms with Gasteiger partial charge in [-0.05, 0) is 50.5 Å². The maximum absolute atomic E-state index is 13.4. The molecule has 0 heterocycles. The van der Waals surface area contributed by atoms with Gasteiger partial charge in [0, 0.05) is 26.1 Å².